The third kappa shape index (κ3) is 5.09. The molecule has 212 valence electrons. The molecule has 0 bridgehead atoms. The van der Waals surface area contributed by atoms with Gasteiger partial charge in [0.25, 0.3) is 0 Å². The van der Waals surface area contributed by atoms with E-state index in [1.54, 1.807) is 109 Å². The maximum absolute atomic E-state index is 14.8. The fraction of sp³-hybridized carbons (Fsp3) is 0.0857. The molecule has 6 rings (SSSR count). The minimum Gasteiger partial charge on any atom is -0.289 e. The largest absolute Gasteiger partial charge is 0.328 e. The zero-order chi connectivity index (χ0) is 30.1. The standard InChI is InChI=1S/C35H24Cl2N2O4/c36-25-15-11-21(12-16-25)19-27-29(23-7-3-1-4-8-23)35(32(41)38-34(43)39-33(35)42)30(24-9-5-2-6-10-24)28(31(27)40)20-22-13-17-26(37)18-14-22/h1-20,29-30H,(H2,38,39,41,42,43)/b27-19+,28-20+. The lowest BCUT2D eigenvalue weighted by atomic mass is 9.51. The third-order valence-corrected chi connectivity index (χ3v) is 8.42. The number of Topliss-reactive ketones (excluding diaryl/α,β-unsaturated/α-hetero) is 1. The fourth-order valence-corrected chi connectivity index (χ4v) is 6.36. The summed E-state index contributed by atoms with van der Waals surface area (Å²) in [5.41, 5.74) is 0.938. The molecule has 0 aromatic heterocycles. The van der Waals surface area contributed by atoms with Crippen LogP contribution in [-0.2, 0) is 14.4 Å². The van der Waals surface area contributed by atoms with Crippen molar-refractivity contribution >= 4 is 59.0 Å². The van der Waals surface area contributed by atoms with Gasteiger partial charge in [-0.05, 0) is 58.7 Å². The Morgan fingerprint density at radius 2 is 0.907 bits per heavy atom. The fourth-order valence-electron chi connectivity index (χ4n) is 6.11. The lowest BCUT2D eigenvalue weighted by Gasteiger charge is -2.50. The van der Waals surface area contributed by atoms with Gasteiger partial charge in [0.2, 0.25) is 11.8 Å². The molecule has 1 aliphatic carbocycles. The second-order valence-corrected chi connectivity index (χ2v) is 11.3. The summed E-state index contributed by atoms with van der Waals surface area (Å²) in [6.45, 7) is 0. The number of imide groups is 2. The van der Waals surface area contributed by atoms with Crippen LogP contribution < -0.4 is 10.6 Å². The molecule has 1 heterocycles. The monoisotopic (exact) mass is 606 g/mol. The molecule has 2 fully saturated rings. The maximum atomic E-state index is 14.8. The molecule has 2 unspecified atom stereocenters. The Kier molecular flexibility index (Phi) is 7.57. The van der Waals surface area contributed by atoms with Crippen molar-refractivity contribution in [1.29, 1.82) is 0 Å². The number of amides is 4. The molecule has 2 atom stereocenters. The second-order valence-electron chi connectivity index (χ2n) is 10.4. The quantitative estimate of drug-likeness (QED) is 0.194. The Hall–Kier alpha value is -4.78. The smallest absolute Gasteiger partial charge is 0.289 e. The molecule has 1 aliphatic heterocycles. The Morgan fingerprint density at radius 1 is 0.535 bits per heavy atom. The number of urea groups is 1. The molecule has 8 heteroatoms. The van der Waals surface area contributed by atoms with E-state index in [4.69, 9.17) is 23.2 Å². The zero-order valence-corrected chi connectivity index (χ0v) is 24.1. The van der Waals surface area contributed by atoms with Crippen molar-refractivity contribution in [2.75, 3.05) is 0 Å². The van der Waals surface area contributed by atoms with Crippen LogP contribution in [0.2, 0.25) is 10.0 Å². The van der Waals surface area contributed by atoms with Gasteiger partial charge in [0.1, 0.15) is 0 Å². The molecule has 1 saturated carbocycles. The van der Waals surface area contributed by atoms with Gasteiger partial charge < -0.3 is 0 Å². The predicted octanol–water partition coefficient (Wildman–Crippen LogP) is 6.96. The number of carbonyl (C=O) groups excluding carboxylic acids is 4. The lowest BCUT2D eigenvalue weighted by Crippen LogP contribution is -2.68. The van der Waals surface area contributed by atoms with Gasteiger partial charge in [-0.1, -0.05) is 108 Å². The molecule has 2 N–H and O–H groups in total. The number of rotatable bonds is 4. The highest BCUT2D eigenvalue weighted by Gasteiger charge is 2.66. The van der Waals surface area contributed by atoms with Crippen molar-refractivity contribution < 1.29 is 19.2 Å². The minimum absolute atomic E-state index is 0.223. The van der Waals surface area contributed by atoms with Crippen LogP contribution in [-0.4, -0.2) is 23.6 Å². The highest BCUT2D eigenvalue weighted by Crippen LogP contribution is 2.59. The van der Waals surface area contributed by atoms with Crippen molar-refractivity contribution in [1.82, 2.24) is 10.6 Å². The zero-order valence-electron chi connectivity index (χ0n) is 22.6. The van der Waals surface area contributed by atoms with Crippen LogP contribution in [0.5, 0.6) is 0 Å². The van der Waals surface area contributed by atoms with Crippen LogP contribution in [0.4, 0.5) is 4.79 Å². The van der Waals surface area contributed by atoms with Gasteiger partial charge >= 0.3 is 6.03 Å². The highest BCUT2D eigenvalue weighted by molar-refractivity contribution is 6.31. The van der Waals surface area contributed by atoms with Gasteiger partial charge in [0.05, 0.1) is 0 Å². The van der Waals surface area contributed by atoms with Crippen LogP contribution in [0.15, 0.2) is 120 Å². The topological polar surface area (TPSA) is 92.3 Å². The summed E-state index contributed by atoms with van der Waals surface area (Å²) in [7, 11) is 0. The van der Waals surface area contributed by atoms with E-state index >= 15 is 0 Å². The highest BCUT2D eigenvalue weighted by atomic mass is 35.5. The summed E-state index contributed by atoms with van der Waals surface area (Å²) in [5, 5.41) is 5.75. The number of barbiturate groups is 1. The van der Waals surface area contributed by atoms with Crippen molar-refractivity contribution in [3.63, 3.8) is 0 Å². The van der Waals surface area contributed by atoms with Gasteiger partial charge in [-0.2, -0.15) is 0 Å². The summed E-state index contributed by atoms with van der Waals surface area (Å²) < 4.78 is 0. The molecule has 1 saturated heterocycles. The SMILES string of the molecule is O=C1NC(=O)C2(C(=O)N1)C(c1ccccc1)/C(=C\c1ccc(Cl)cc1)C(=O)/C(=C/c1ccc(Cl)cc1)C2c1ccccc1. The molecule has 0 radical (unpaired) electrons. The Bertz CT molecular complexity index is 1670. The van der Waals surface area contributed by atoms with Crippen molar-refractivity contribution in [2.45, 2.75) is 11.8 Å². The van der Waals surface area contributed by atoms with Crippen molar-refractivity contribution in [2.24, 2.45) is 5.41 Å². The van der Waals surface area contributed by atoms with Crippen LogP contribution in [0, 0.1) is 5.41 Å². The maximum Gasteiger partial charge on any atom is 0.328 e. The van der Waals surface area contributed by atoms with E-state index in [2.05, 4.69) is 10.6 Å². The molecule has 2 aliphatic rings. The molecule has 4 amide bonds. The van der Waals surface area contributed by atoms with Gasteiger partial charge in [0.15, 0.2) is 11.2 Å². The van der Waals surface area contributed by atoms with Gasteiger partial charge in [-0.15, -0.1) is 0 Å². The first-order valence-electron chi connectivity index (χ1n) is 13.5. The first-order chi connectivity index (χ1) is 20.8. The van der Waals surface area contributed by atoms with E-state index in [0.29, 0.717) is 32.3 Å². The summed E-state index contributed by atoms with van der Waals surface area (Å²) in [4.78, 5) is 56.0. The van der Waals surface area contributed by atoms with Gasteiger partial charge in [-0.25, -0.2) is 4.79 Å². The van der Waals surface area contributed by atoms with E-state index in [-0.39, 0.29) is 16.9 Å². The second kappa shape index (κ2) is 11.5. The van der Waals surface area contributed by atoms with Crippen molar-refractivity contribution in [3.8, 4) is 0 Å². The third-order valence-electron chi connectivity index (χ3n) is 7.91. The number of hydrogen-bond acceptors (Lipinski definition) is 4. The van der Waals surface area contributed by atoms with E-state index in [9.17, 15) is 19.2 Å². The van der Waals surface area contributed by atoms with Crippen LogP contribution >= 0.6 is 23.2 Å². The van der Waals surface area contributed by atoms with Crippen molar-refractivity contribution in [3.05, 3.63) is 153 Å². The first kappa shape index (κ1) is 28.3. The minimum atomic E-state index is -1.96. The van der Waals surface area contributed by atoms with E-state index in [1.165, 1.54) is 0 Å². The number of allylic oxidation sites excluding steroid dienone is 2. The average Bonchev–Trinajstić information content (AvgIpc) is 3.01. The number of hydrogen-bond donors (Lipinski definition) is 2. The molecule has 1 spiro atoms. The molecule has 4 aromatic carbocycles. The number of benzene rings is 4. The number of nitrogens with one attached hydrogen (secondary N) is 2. The number of ketones is 1. The Morgan fingerprint density at radius 3 is 1.28 bits per heavy atom. The van der Waals surface area contributed by atoms with Crippen LogP contribution in [0.3, 0.4) is 0 Å². The Labute approximate surface area is 258 Å². The first-order valence-corrected chi connectivity index (χ1v) is 14.3. The van der Waals surface area contributed by atoms with Gasteiger partial charge in [0, 0.05) is 33.0 Å². The van der Waals surface area contributed by atoms with E-state index in [1.807, 2.05) is 12.1 Å². The molecular weight excluding hydrogens is 583 g/mol. The number of carbonyl (C=O) groups is 4. The molecule has 4 aromatic rings. The summed E-state index contributed by atoms with van der Waals surface area (Å²) in [6, 6.07) is 30.8. The van der Waals surface area contributed by atoms with Crippen LogP contribution in [0.1, 0.15) is 34.1 Å². The summed E-state index contributed by atoms with van der Waals surface area (Å²) >= 11 is 12.3. The summed E-state index contributed by atoms with van der Waals surface area (Å²) in [5.74, 6) is -4.04. The molecule has 43 heavy (non-hydrogen) atoms. The van der Waals surface area contributed by atoms with Crippen LogP contribution in [0.25, 0.3) is 12.2 Å². The summed E-state index contributed by atoms with van der Waals surface area (Å²) in [6.07, 6.45) is 3.37. The normalized spacial score (nSPS) is 21.6. The van der Waals surface area contributed by atoms with E-state index < -0.39 is 35.1 Å². The Balaban J connectivity index is 1.73. The molecular formula is C35H24Cl2N2O4. The van der Waals surface area contributed by atoms with Gasteiger partial charge in [-0.3, -0.25) is 25.0 Å². The predicted molar refractivity (Wildman–Crippen MR) is 166 cm³/mol. The lowest BCUT2D eigenvalue weighted by molar-refractivity contribution is -0.147. The number of halogens is 2. The average molecular weight is 607 g/mol. The van der Waals surface area contributed by atoms with E-state index in [0.717, 1.165) is 0 Å². The molecule has 6 nitrogen and oxygen atoms in total.